The highest BCUT2D eigenvalue weighted by atomic mass is 32.1. The minimum absolute atomic E-state index is 0.136. The van der Waals surface area contributed by atoms with Crippen LogP contribution in [0.4, 0.5) is 0 Å². The molecule has 0 aliphatic rings. The monoisotopic (exact) mass is 373 g/mol. The lowest BCUT2D eigenvalue weighted by Crippen LogP contribution is -2.41. The molecule has 3 aromatic rings. The fourth-order valence-electron chi connectivity index (χ4n) is 2.37. The van der Waals surface area contributed by atoms with Gasteiger partial charge in [0.15, 0.2) is 3.95 Å². The van der Waals surface area contributed by atoms with E-state index in [-0.39, 0.29) is 11.5 Å². The van der Waals surface area contributed by atoms with Gasteiger partial charge in [-0.3, -0.25) is 4.79 Å². The van der Waals surface area contributed by atoms with Crippen molar-refractivity contribution in [3.63, 3.8) is 0 Å². The second-order valence-electron chi connectivity index (χ2n) is 6.03. The summed E-state index contributed by atoms with van der Waals surface area (Å²) in [5.74, 6) is -1.33. The molecular weight excluding hydrogens is 358 g/mol. The number of carbonyl (C=O) groups excluding carboxylic acids is 1. The highest BCUT2D eigenvalue weighted by Gasteiger charge is 2.25. The molecule has 1 amide bonds. The van der Waals surface area contributed by atoms with Gasteiger partial charge in [0.05, 0.1) is 22.3 Å². The zero-order valence-corrected chi connectivity index (χ0v) is 15.1. The highest BCUT2D eigenvalue weighted by molar-refractivity contribution is 7.73. The van der Waals surface area contributed by atoms with Crippen LogP contribution < -0.4 is 5.32 Å². The van der Waals surface area contributed by atoms with Crippen LogP contribution in [0.5, 0.6) is 0 Å². The predicted molar refractivity (Wildman–Crippen MR) is 98.7 cm³/mol. The third-order valence-corrected chi connectivity index (χ3v) is 4.89. The number of hydrogen-bond acceptors (Lipinski definition) is 5. The summed E-state index contributed by atoms with van der Waals surface area (Å²) in [6, 6.07) is 9.52. The standard InChI is InChI=1S/C17H15N3O3S2/c1-17(2,12-8-7-11-14(19-12)25-16(24)18-11)20-13(21)9-3-5-10(6-4-9)15(22)23/h3-8H,1-2H3,(H,18,24)(H,20,21)(H,22,23). The third-order valence-electron chi connectivity index (χ3n) is 3.75. The number of rotatable bonds is 4. The van der Waals surface area contributed by atoms with E-state index in [0.29, 0.717) is 15.2 Å². The van der Waals surface area contributed by atoms with Crippen molar-refractivity contribution >= 4 is 45.8 Å². The number of carboxylic acid groups (broad SMARTS) is 1. The van der Waals surface area contributed by atoms with Crippen molar-refractivity contribution in [3.8, 4) is 0 Å². The number of nitrogens with one attached hydrogen (secondary N) is 2. The molecule has 0 spiro atoms. The Bertz CT molecular complexity index is 1020. The number of aromatic amines is 1. The Balaban J connectivity index is 1.84. The van der Waals surface area contributed by atoms with Crippen LogP contribution in [0.3, 0.4) is 0 Å². The molecule has 0 fully saturated rings. The molecule has 0 bridgehead atoms. The van der Waals surface area contributed by atoms with Crippen LogP contribution in [0.2, 0.25) is 0 Å². The molecule has 128 valence electrons. The SMILES string of the molecule is CC(C)(NC(=O)c1ccc(C(=O)O)cc1)c1ccc2[nH]c(=S)sc2n1. The molecule has 2 aromatic heterocycles. The number of aromatic carboxylic acids is 1. The largest absolute Gasteiger partial charge is 0.478 e. The minimum atomic E-state index is -1.03. The first-order valence-electron chi connectivity index (χ1n) is 7.42. The van der Waals surface area contributed by atoms with Gasteiger partial charge in [0.25, 0.3) is 5.91 Å². The summed E-state index contributed by atoms with van der Waals surface area (Å²) in [5, 5.41) is 11.8. The lowest BCUT2D eigenvalue weighted by molar-refractivity contribution is 0.0696. The smallest absolute Gasteiger partial charge is 0.335 e. The molecule has 3 N–H and O–H groups in total. The van der Waals surface area contributed by atoms with Crippen LogP contribution in [0.25, 0.3) is 10.3 Å². The number of carbonyl (C=O) groups is 2. The molecule has 0 radical (unpaired) electrons. The molecule has 0 atom stereocenters. The number of fused-ring (bicyclic) bond motifs is 1. The molecule has 3 rings (SSSR count). The van der Waals surface area contributed by atoms with Crippen LogP contribution in [-0.4, -0.2) is 27.0 Å². The predicted octanol–water partition coefficient (Wildman–Crippen LogP) is 3.72. The molecule has 8 heteroatoms. The fourth-order valence-corrected chi connectivity index (χ4v) is 3.43. The van der Waals surface area contributed by atoms with Gasteiger partial charge < -0.3 is 15.4 Å². The zero-order valence-electron chi connectivity index (χ0n) is 13.5. The molecule has 0 aliphatic heterocycles. The van der Waals surface area contributed by atoms with E-state index in [2.05, 4.69) is 15.3 Å². The number of benzene rings is 1. The quantitative estimate of drug-likeness (QED) is 0.606. The number of pyridine rings is 1. The van der Waals surface area contributed by atoms with E-state index in [0.717, 1.165) is 10.3 Å². The van der Waals surface area contributed by atoms with Crippen LogP contribution in [0.15, 0.2) is 36.4 Å². The molecule has 25 heavy (non-hydrogen) atoms. The third kappa shape index (κ3) is 3.59. The molecule has 0 saturated carbocycles. The summed E-state index contributed by atoms with van der Waals surface area (Å²) in [4.78, 5) is 31.8. The van der Waals surface area contributed by atoms with Crippen molar-refractivity contribution in [1.82, 2.24) is 15.3 Å². The summed E-state index contributed by atoms with van der Waals surface area (Å²) < 4.78 is 0.653. The number of nitrogens with zero attached hydrogens (tertiary/aromatic N) is 1. The molecule has 6 nitrogen and oxygen atoms in total. The van der Waals surface area contributed by atoms with Gasteiger partial charge in [-0.05, 0) is 62.5 Å². The molecule has 0 saturated heterocycles. The van der Waals surface area contributed by atoms with Crippen molar-refractivity contribution < 1.29 is 14.7 Å². The molecule has 2 heterocycles. The van der Waals surface area contributed by atoms with Crippen LogP contribution >= 0.6 is 23.6 Å². The topological polar surface area (TPSA) is 95.1 Å². The van der Waals surface area contributed by atoms with Gasteiger partial charge in [0.1, 0.15) is 4.83 Å². The van der Waals surface area contributed by atoms with Crippen LogP contribution in [0, 0.1) is 3.95 Å². The summed E-state index contributed by atoms with van der Waals surface area (Å²) >= 11 is 6.51. The van der Waals surface area contributed by atoms with Gasteiger partial charge in [0.2, 0.25) is 0 Å². The van der Waals surface area contributed by atoms with Crippen molar-refractivity contribution in [2.45, 2.75) is 19.4 Å². The first kappa shape index (κ1) is 17.2. The van der Waals surface area contributed by atoms with E-state index in [1.165, 1.54) is 35.6 Å². The number of aromatic nitrogens is 2. The number of carboxylic acids is 1. The van der Waals surface area contributed by atoms with Gasteiger partial charge >= 0.3 is 5.97 Å². The number of amides is 1. The summed E-state index contributed by atoms with van der Waals surface area (Å²) in [6.07, 6.45) is 0. The number of thiazole rings is 1. The second-order valence-corrected chi connectivity index (χ2v) is 7.69. The highest BCUT2D eigenvalue weighted by Crippen LogP contribution is 2.24. The van der Waals surface area contributed by atoms with Gasteiger partial charge in [-0.25, -0.2) is 9.78 Å². The van der Waals surface area contributed by atoms with Crippen molar-refractivity contribution in [2.24, 2.45) is 0 Å². The Morgan fingerprint density at radius 2 is 1.80 bits per heavy atom. The molecule has 1 aromatic carbocycles. The van der Waals surface area contributed by atoms with Gasteiger partial charge in [-0.15, -0.1) is 0 Å². The van der Waals surface area contributed by atoms with E-state index in [1.807, 2.05) is 26.0 Å². The maximum Gasteiger partial charge on any atom is 0.335 e. The lowest BCUT2D eigenvalue weighted by atomic mass is 9.99. The molecular formula is C17H15N3O3S2. The van der Waals surface area contributed by atoms with Gasteiger partial charge in [-0.2, -0.15) is 0 Å². The molecule has 0 aliphatic carbocycles. The number of hydrogen-bond donors (Lipinski definition) is 3. The van der Waals surface area contributed by atoms with Gasteiger partial charge in [0, 0.05) is 5.56 Å². The Morgan fingerprint density at radius 3 is 2.44 bits per heavy atom. The number of H-pyrrole nitrogens is 1. The van der Waals surface area contributed by atoms with E-state index in [9.17, 15) is 9.59 Å². The maximum atomic E-state index is 12.5. The molecule has 0 unspecified atom stereocenters. The summed E-state index contributed by atoms with van der Waals surface area (Å²) in [5.41, 5.74) is 1.39. The average molecular weight is 373 g/mol. The normalized spacial score (nSPS) is 11.4. The van der Waals surface area contributed by atoms with Crippen molar-refractivity contribution in [2.75, 3.05) is 0 Å². The van der Waals surface area contributed by atoms with Crippen molar-refractivity contribution in [1.29, 1.82) is 0 Å². The van der Waals surface area contributed by atoms with E-state index >= 15 is 0 Å². The van der Waals surface area contributed by atoms with E-state index in [1.54, 1.807) is 0 Å². The Hall–Kier alpha value is -2.58. The summed E-state index contributed by atoms with van der Waals surface area (Å²) in [6.45, 7) is 3.72. The maximum absolute atomic E-state index is 12.5. The van der Waals surface area contributed by atoms with Crippen LogP contribution in [-0.2, 0) is 5.54 Å². The Kier molecular flexibility index (Phi) is 4.40. The van der Waals surface area contributed by atoms with Crippen molar-refractivity contribution in [3.05, 3.63) is 57.2 Å². The minimum Gasteiger partial charge on any atom is -0.478 e. The fraction of sp³-hybridized carbons (Fsp3) is 0.176. The van der Waals surface area contributed by atoms with E-state index in [4.69, 9.17) is 17.3 Å². The second kappa shape index (κ2) is 6.38. The van der Waals surface area contributed by atoms with E-state index < -0.39 is 11.5 Å². The summed E-state index contributed by atoms with van der Waals surface area (Å²) in [7, 11) is 0. The average Bonchev–Trinajstić information content (AvgIpc) is 2.93. The van der Waals surface area contributed by atoms with Gasteiger partial charge in [-0.1, -0.05) is 11.3 Å². The Morgan fingerprint density at radius 1 is 1.16 bits per heavy atom. The first-order chi connectivity index (χ1) is 11.8. The lowest BCUT2D eigenvalue weighted by Gasteiger charge is -2.25. The zero-order chi connectivity index (χ0) is 18.2. The Labute approximate surface area is 152 Å². The first-order valence-corrected chi connectivity index (χ1v) is 8.65. The van der Waals surface area contributed by atoms with Crippen LogP contribution in [0.1, 0.15) is 40.3 Å².